The Kier molecular flexibility index (Phi) is 6.19. The van der Waals surface area contributed by atoms with Gasteiger partial charge in [-0.3, -0.25) is 0 Å². The molecule has 0 bridgehead atoms. The van der Waals surface area contributed by atoms with Crippen molar-refractivity contribution in [2.24, 2.45) is 5.92 Å². The predicted octanol–water partition coefficient (Wildman–Crippen LogP) is 3.29. The molecule has 3 N–H and O–H groups in total. The molecule has 0 aliphatic carbocycles. The van der Waals surface area contributed by atoms with Crippen LogP contribution in [-0.4, -0.2) is 19.1 Å². The number of hydrogen-bond donors (Lipinski definition) is 2. The summed E-state index contributed by atoms with van der Waals surface area (Å²) in [7, 11) is 0. The lowest BCUT2D eigenvalue weighted by Gasteiger charge is -2.11. The second-order valence-corrected chi connectivity index (χ2v) is 4.99. The number of benzene rings is 1. The van der Waals surface area contributed by atoms with E-state index in [1.54, 1.807) is 19.1 Å². The van der Waals surface area contributed by atoms with Crippen molar-refractivity contribution in [1.29, 1.82) is 0 Å². The van der Waals surface area contributed by atoms with Crippen LogP contribution in [0.3, 0.4) is 0 Å². The summed E-state index contributed by atoms with van der Waals surface area (Å²) in [5.74, 6) is 0.380. The van der Waals surface area contributed by atoms with Crippen LogP contribution in [0.15, 0.2) is 18.2 Å². The molecule has 0 atom stereocenters. The maximum absolute atomic E-state index is 11.5. The average molecular weight is 264 g/mol. The zero-order valence-electron chi connectivity index (χ0n) is 12.0. The van der Waals surface area contributed by atoms with Crippen molar-refractivity contribution in [2.45, 2.75) is 33.6 Å². The van der Waals surface area contributed by atoms with E-state index in [4.69, 9.17) is 10.5 Å². The quantitative estimate of drug-likeness (QED) is 0.450. The zero-order valence-corrected chi connectivity index (χ0v) is 12.0. The van der Waals surface area contributed by atoms with E-state index in [0.717, 1.165) is 18.7 Å². The van der Waals surface area contributed by atoms with E-state index in [0.29, 0.717) is 23.8 Å². The Morgan fingerprint density at radius 2 is 2.16 bits per heavy atom. The molecule has 0 aromatic heterocycles. The van der Waals surface area contributed by atoms with Gasteiger partial charge in [0.15, 0.2) is 0 Å². The van der Waals surface area contributed by atoms with Crippen LogP contribution in [0.1, 0.15) is 44.0 Å². The normalized spacial score (nSPS) is 10.5. The molecule has 0 amide bonds. The van der Waals surface area contributed by atoms with Crippen LogP contribution in [0, 0.1) is 5.92 Å². The fraction of sp³-hybridized carbons (Fsp3) is 0.533. The minimum atomic E-state index is -0.333. The highest BCUT2D eigenvalue weighted by molar-refractivity contribution is 5.91. The molecular weight excluding hydrogens is 240 g/mol. The van der Waals surface area contributed by atoms with Crippen LogP contribution in [0.5, 0.6) is 0 Å². The van der Waals surface area contributed by atoms with Crippen LogP contribution >= 0.6 is 0 Å². The Morgan fingerprint density at radius 1 is 1.42 bits per heavy atom. The van der Waals surface area contributed by atoms with Crippen molar-refractivity contribution in [2.75, 3.05) is 24.2 Å². The van der Waals surface area contributed by atoms with Gasteiger partial charge in [-0.05, 0) is 43.9 Å². The molecule has 0 unspecified atom stereocenters. The number of hydrogen-bond acceptors (Lipinski definition) is 4. The molecule has 1 aromatic carbocycles. The standard InChI is InChI=1S/C15H24N2O2/c1-4-19-15(18)12-7-8-14(13(16)10-12)17-9-5-6-11(2)3/h7-8,10-11,17H,4-6,9,16H2,1-3H3. The van der Waals surface area contributed by atoms with Crippen molar-refractivity contribution in [3.63, 3.8) is 0 Å². The lowest BCUT2D eigenvalue weighted by atomic mass is 10.1. The molecular formula is C15H24N2O2. The molecule has 106 valence electrons. The summed E-state index contributed by atoms with van der Waals surface area (Å²) < 4.78 is 4.93. The molecule has 0 fully saturated rings. The molecule has 4 heteroatoms. The van der Waals surface area contributed by atoms with Crippen molar-refractivity contribution in [1.82, 2.24) is 0 Å². The number of rotatable bonds is 7. The second-order valence-electron chi connectivity index (χ2n) is 4.99. The van der Waals surface area contributed by atoms with Gasteiger partial charge in [-0.25, -0.2) is 4.79 Å². The van der Waals surface area contributed by atoms with Gasteiger partial charge in [0.05, 0.1) is 23.5 Å². The Balaban J connectivity index is 2.55. The third kappa shape index (κ3) is 5.20. The SMILES string of the molecule is CCOC(=O)c1ccc(NCCCC(C)C)c(N)c1. The van der Waals surface area contributed by atoms with Gasteiger partial charge in [-0.2, -0.15) is 0 Å². The minimum Gasteiger partial charge on any atom is -0.462 e. The van der Waals surface area contributed by atoms with E-state index in [1.807, 2.05) is 6.07 Å². The first kappa shape index (κ1) is 15.3. The maximum Gasteiger partial charge on any atom is 0.338 e. The van der Waals surface area contributed by atoms with E-state index in [1.165, 1.54) is 6.42 Å². The number of ether oxygens (including phenoxy) is 1. The highest BCUT2D eigenvalue weighted by Crippen LogP contribution is 2.20. The van der Waals surface area contributed by atoms with Gasteiger partial charge < -0.3 is 15.8 Å². The Bertz CT molecular complexity index is 417. The molecule has 1 rings (SSSR count). The number of carbonyl (C=O) groups excluding carboxylic acids is 1. The Labute approximate surface area is 115 Å². The summed E-state index contributed by atoms with van der Waals surface area (Å²) >= 11 is 0. The summed E-state index contributed by atoms with van der Waals surface area (Å²) in [6, 6.07) is 5.22. The molecule has 1 aromatic rings. The lowest BCUT2D eigenvalue weighted by Crippen LogP contribution is -2.08. The first-order valence-corrected chi connectivity index (χ1v) is 6.85. The molecule has 0 radical (unpaired) electrons. The maximum atomic E-state index is 11.5. The van der Waals surface area contributed by atoms with Crippen LogP contribution in [-0.2, 0) is 4.74 Å². The van der Waals surface area contributed by atoms with Gasteiger partial charge in [0, 0.05) is 6.54 Å². The predicted molar refractivity (Wildman–Crippen MR) is 79.4 cm³/mol. The zero-order chi connectivity index (χ0) is 14.3. The fourth-order valence-corrected chi connectivity index (χ4v) is 1.80. The monoisotopic (exact) mass is 264 g/mol. The van der Waals surface area contributed by atoms with Crippen LogP contribution < -0.4 is 11.1 Å². The topological polar surface area (TPSA) is 64.3 Å². The molecule has 0 spiro atoms. The van der Waals surface area contributed by atoms with Crippen molar-refractivity contribution >= 4 is 17.3 Å². The highest BCUT2D eigenvalue weighted by Gasteiger charge is 2.08. The number of nitrogen functional groups attached to an aromatic ring is 1. The van der Waals surface area contributed by atoms with Gasteiger partial charge in [-0.1, -0.05) is 13.8 Å². The summed E-state index contributed by atoms with van der Waals surface area (Å²) in [6.07, 6.45) is 2.30. The summed E-state index contributed by atoms with van der Waals surface area (Å²) in [4.78, 5) is 11.5. The number of esters is 1. The number of anilines is 2. The van der Waals surface area contributed by atoms with Crippen LogP contribution in [0.25, 0.3) is 0 Å². The first-order valence-electron chi connectivity index (χ1n) is 6.85. The molecule has 0 aliphatic rings. The van der Waals surface area contributed by atoms with Gasteiger partial charge in [-0.15, -0.1) is 0 Å². The van der Waals surface area contributed by atoms with Crippen molar-refractivity contribution in [3.8, 4) is 0 Å². The van der Waals surface area contributed by atoms with Gasteiger partial charge in [0.25, 0.3) is 0 Å². The van der Waals surface area contributed by atoms with Gasteiger partial charge >= 0.3 is 5.97 Å². The molecule has 0 saturated carbocycles. The Hall–Kier alpha value is -1.71. The number of nitrogens with one attached hydrogen (secondary N) is 1. The highest BCUT2D eigenvalue weighted by atomic mass is 16.5. The lowest BCUT2D eigenvalue weighted by molar-refractivity contribution is 0.0526. The average Bonchev–Trinajstić information content (AvgIpc) is 2.36. The number of nitrogens with two attached hydrogens (primary N) is 1. The first-order chi connectivity index (χ1) is 9.04. The third-order valence-electron chi connectivity index (χ3n) is 2.84. The second kappa shape index (κ2) is 7.67. The van der Waals surface area contributed by atoms with Gasteiger partial charge in [0.1, 0.15) is 0 Å². The fourth-order valence-electron chi connectivity index (χ4n) is 1.80. The molecule has 0 aliphatic heterocycles. The van der Waals surface area contributed by atoms with E-state index in [9.17, 15) is 4.79 Å². The van der Waals surface area contributed by atoms with E-state index < -0.39 is 0 Å². The molecule has 0 heterocycles. The largest absolute Gasteiger partial charge is 0.462 e. The van der Waals surface area contributed by atoms with Crippen LogP contribution in [0.4, 0.5) is 11.4 Å². The van der Waals surface area contributed by atoms with E-state index in [-0.39, 0.29) is 5.97 Å². The Morgan fingerprint density at radius 3 is 2.74 bits per heavy atom. The summed E-state index contributed by atoms with van der Waals surface area (Å²) in [5.41, 5.74) is 7.87. The smallest absolute Gasteiger partial charge is 0.338 e. The van der Waals surface area contributed by atoms with E-state index >= 15 is 0 Å². The number of carbonyl (C=O) groups is 1. The molecule has 4 nitrogen and oxygen atoms in total. The minimum absolute atomic E-state index is 0.333. The molecule has 19 heavy (non-hydrogen) atoms. The van der Waals surface area contributed by atoms with Gasteiger partial charge in [0.2, 0.25) is 0 Å². The van der Waals surface area contributed by atoms with Crippen molar-refractivity contribution < 1.29 is 9.53 Å². The summed E-state index contributed by atoms with van der Waals surface area (Å²) in [6.45, 7) is 7.46. The summed E-state index contributed by atoms with van der Waals surface area (Å²) in [5, 5.41) is 3.29. The van der Waals surface area contributed by atoms with E-state index in [2.05, 4.69) is 19.2 Å². The third-order valence-corrected chi connectivity index (χ3v) is 2.84. The van der Waals surface area contributed by atoms with Crippen LogP contribution in [0.2, 0.25) is 0 Å². The molecule has 0 saturated heterocycles. The van der Waals surface area contributed by atoms with Crippen molar-refractivity contribution in [3.05, 3.63) is 23.8 Å².